The van der Waals surface area contributed by atoms with E-state index in [1.54, 1.807) is 10.4 Å². The first-order valence-corrected chi connectivity index (χ1v) is 8.74. The van der Waals surface area contributed by atoms with Crippen molar-refractivity contribution < 1.29 is 8.42 Å². The molecule has 2 atom stereocenters. The molecule has 0 aromatic heterocycles. The number of aryl methyl sites for hydroxylation is 1. The van der Waals surface area contributed by atoms with Gasteiger partial charge in [0, 0.05) is 13.1 Å². The highest BCUT2D eigenvalue weighted by Crippen LogP contribution is 2.29. The summed E-state index contributed by atoms with van der Waals surface area (Å²) in [5, 5.41) is 0. The van der Waals surface area contributed by atoms with Crippen molar-refractivity contribution in [2.75, 3.05) is 13.1 Å². The Hall–Kier alpha value is -0.870. The summed E-state index contributed by atoms with van der Waals surface area (Å²) >= 11 is 0. The van der Waals surface area contributed by atoms with Crippen LogP contribution in [0.1, 0.15) is 37.0 Å². The zero-order chi connectivity index (χ0) is 15.1. The molecule has 0 N–H and O–H groups in total. The molecule has 3 nitrogen and oxygen atoms in total. The summed E-state index contributed by atoms with van der Waals surface area (Å²) < 4.78 is 27.4. The predicted octanol–water partition coefficient (Wildman–Crippen LogP) is 3.28. The lowest BCUT2D eigenvalue weighted by atomic mass is 9.94. The number of piperidine rings is 1. The topological polar surface area (TPSA) is 37.4 Å². The highest BCUT2D eigenvalue weighted by Gasteiger charge is 2.32. The third-order valence-electron chi connectivity index (χ3n) is 4.46. The Morgan fingerprint density at radius 3 is 2.10 bits per heavy atom. The first-order chi connectivity index (χ1) is 9.23. The molecule has 20 heavy (non-hydrogen) atoms. The monoisotopic (exact) mass is 295 g/mol. The van der Waals surface area contributed by atoms with Gasteiger partial charge in [-0.1, -0.05) is 19.9 Å². The summed E-state index contributed by atoms with van der Waals surface area (Å²) in [5.74, 6) is 0.862. The zero-order valence-corrected chi connectivity index (χ0v) is 13.9. The highest BCUT2D eigenvalue weighted by molar-refractivity contribution is 7.89. The molecule has 1 saturated heterocycles. The molecule has 0 radical (unpaired) electrons. The Morgan fingerprint density at radius 1 is 1.00 bits per heavy atom. The summed E-state index contributed by atoms with van der Waals surface area (Å²) in [6, 6.07) is 3.67. The van der Waals surface area contributed by atoms with Crippen molar-refractivity contribution in [1.82, 2.24) is 4.31 Å². The molecule has 1 aromatic carbocycles. The lowest BCUT2D eigenvalue weighted by Gasteiger charge is -2.34. The molecule has 0 aliphatic carbocycles. The van der Waals surface area contributed by atoms with Gasteiger partial charge in [-0.15, -0.1) is 0 Å². The standard InChI is InChI=1S/C16H25NO2S/c1-11-8-12(2)10-17(9-11)20(18,19)16-7-6-13(3)14(4)15(16)5/h6-7,11-12H,8-10H2,1-5H3/t11-,12-/m1/s1. The van der Waals surface area contributed by atoms with Crippen LogP contribution in [-0.2, 0) is 10.0 Å². The molecule has 1 aliphatic heterocycles. The van der Waals surface area contributed by atoms with Gasteiger partial charge < -0.3 is 0 Å². The summed E-state index contributed by atoms with van der Waals surface area (Å²) in [4.78, 5) is 0.474. The molecule has 1 heterocycles. The van der Waals surface area contributed by atoms with Gasteiger partial charge in [0.2, 0.25) is 10.0 Å². The fourth-order valence-electron chi connectivity index (χ4n) is 3.15. The molecular weight excluding hydrogens is 270 g/mol. The van der Waals surface area contributed by atoms with Crippen molar-refractivity contribution in [3.63, 3.8) is 0 Å². The van der Waals surface area contributed by atoms with Crippen molar-refractivity contribution in [2.45, 2.75) is 45.9 Å². The lowest BCUT2D eigenvalue weighted by Crippen LogP contribution is -2.42. The van der Waals surface area contributed by atoms with Crippen LogP contribution < -0.4 is 0 Å². The quantitative estimate of drug-likeness (QED) is 0.839. The molecule has 112 valence electrons. The van der Waals surface area contributed by atoms with E-state index in [-0.39, 0.29) is 0 Å². The summed E-state index contributed by atoms with van der Waals surface area (Å²) in [7, 11) is -3.36. The van der Waals surface area contributed by atoms with Gasteiger partial charge in [0.25, 0.3) is 0 Å². The van der Waals surface area contributed by atoms with Crippen molar-refractivity contribution in [2.24, 2.45) is 11.8 Å². The smallest absolute Gasteiger partial charge is 0.207 e. The maximum atomic E-state index is 12.9. The Morgan fingerprint density at radius 2 is 1.55 bits per heavy atom. The number of hydrogen-bond acceptors (Lipinski definition) is 2. The van der Waals surface area contributed by atoms with Crippen molar-refractivity contribution in [3.05, 3.63) is 28.8 Å². The van der Waals surface area contributed by atoms with Gasteiger partial charge in [-0.3, -0.25) is 0 Å². The van der Waals surface area contributed by atoms with Gasteiger partial charge in [-0.05, 0) is 61.8 Å². The average Bonchev–Trinajstić information content (AvgIpc) is 2.34. The second-order valence-electron chi connectivity index (χ2n) is 6.40. The first kappa shape index (κ1) is 15.5. The fraction of sp³-hybridized carbons (Fsp3) is 0.625. The van der Waals surface area contributed by atoms with Crippen molar-refractivity contribution in [3.8, 4) is 0 Å². The molecule has 0 amide bonds. The van der Waals surface area contributed by atoms with Crippen LogP contribution in [0.5, 0.6) is 0 Å². The SMILES string of the molecule is Cc1ccc(S(=O)(=O)N2C[C@H](C)C[C@@H](C)C2)c(C)c1C. The van der Waals surface area contributed by atoms with E-state index in [0.29, 0.717) is 29.8 Å². The number of benzene rings is 1. The van der Waals surface area contributed by atoms with E-state index >= 15 is 0 Å². The fourth-order valence-corrected chi connectivity index (χ4v) is 5.11. The van der Waals surface area contributed by atoms with Crippen molar-refractivity contribution >= 4 is 10.0 Å². The van der Waals surface area contributed by atoms with Gasteiger partial charge in [-0.25, -0.2) is 8.42 Å². The molecule has 0 unspecified atom stereocenters. The maximum absolute atomic E-state index is 12.9. The van der Waals surface area contributed by atoms with E-state index in [2.05, 4.69) is 13.8 Å². The van der Waals surface area contributed by atoms with E-state index < -0.39 is 10.0 Å². The third kappa shape index (κ3) is 2.77. The van der Waals surface area contributed by atoms with Crippen LogP contribution in [0.15, 0.2) is 17.0 Å². The van der Waals surface area contributed by atoms with E-state index in [1.165, 1.54) is 0 Å². The van der Waals surface area contributed by atoms with Crippen LogP contribution in [-0.4, -0.2) is 25.8 Å². The Labute approximate surface area is 123 Å². The average molecular weight is 295 g/mol. The minimum Gasteiger partial charge on any atom is -0.207 e. The van der Waals surface area contributed by atoms with Gasteiger partial charge >= 0.3 is 0 Å². The summed E-state index contributed by atoms with van der Waals surface area (Å²) in [6.45, 7) is 11.5. The van der Waals surface area contributed by atoms with Gasteiger partial charge in [0.05, 0.1) is 4.90 Å². The second-order valence-corrected chi connectivity index (χ2v) is 8.31. The molecule has 0 spiro atoms. The molecule has 0 bridgehead atoms. The Kier molecular flexibility index (Phi) is 4.26. The molecule has 2 rings (SSSR count). The molecule has 0 saturated carbocycles. The Balaban J connectivity index is 2.43. The van der Waals surface area contributed by atoms with Crippen molar-refractivity contribution in [1.29, 1.82) is 0 Å². The third-order valence-corrected chi connectivity index (χ3v) is 6.44. The van der Waals surface area contributed by atoms with E-state index in [0.717, 1.165) is 23.1 Å². The van der Waals surface area contributed by atoms with Crippen LogP contribution in [0.25, 0.3) is 0 Å². The number of hydrogen-bond donors (Lipinski definition) is 0. The minimum absolute atomic E-state index is 0.431. The number of sulfonamides is 1. The van der Waals surface area contributed by atoms with Crippen LogP contribution in [0, 0.1) is 32.6 Å². The second kappa shape index (κ2) is 5.49. The van der Waals surface area contributed by atoms with E-state index in [1.807, 2.05) is 26.8 Å². The van der Waals surface area contributed by atoms with Crippen LogP contribution >= 0.6 is 0 Å². The Bertz CT molecular complexity index is 597. The highest BCUT2D eigenvalue weighted by atomic mass is 32.2. The molecule has 1 aliphatic rings. The number of nitrogens with zero attached hydrogens (tertiary/aromatic N) is 1. The summed E-state index contributed by atoms with van der Waals surface area (Å²) in [6.07, 6.45) is 1.11. The number of rotatable bonds is 2. The summed E-state index contributed by atoms with van der Waals surface area (Å²) in [5.41, 5.74) is 3.10. The van der Waals surface area contributed by atoms with Gasteiger partial charge in [0.15, 0.2) is 0 Å². The zero-order valence-electron chi connectivity index (χ0n) is 13.1. The normalized spacial score (nSPS) is 24.9. The molecule has 1 fully saturated rings. The van der Waals surface area contributed by atoms with Crippen LogP contribution in [0.3, 0.4) is 0 Å². The molecular formula is C16H25NO2S. The molecule has 4 heteroatoms. The minimum atomic E-state index is -3.36. The van der Waals surface area contributed by atoms with Crippen LogP contribution in [0.4, 0.5) is 0 Å². The van der Waals surface area contributed by atoms with E-state index in [9.17, 15) is 8.42 Å². The predicted molar refractivity (Wildman–Crippen MR) is 82.4 cm³/mol. The van der Waals surface area contributed by atoms with Gasteiger partial charge in [-0.2, -0.15) is 4.31 Å². The lowest BCUT2D eigenvalue weighted by molar-refractivity contribution is 0.222. The largest absolute Gasteiger partial charge is 0.243 e. The molecule has 1 aromatic rings. The first-order valence-electron chi connectivity index (χ1n) is 7.30. The van der Waals surface area contributed by atoms with Gasteiger partial charge in [0.1, 0.15) is 0 Å². The van der Waals surface area contributed by atoms with Crippen LogP contribution in [0.2, 0.25) is 0 Å². The van der Waals surface area contributed by atoms with E-state index in [4.69, 9.17) is 0 Å². The maximum Gasteiger partial charge on any atom is 0.243 e.